The van der Waals surface area contributed by atoms with Gasteiger partial charge in [-0.3, -0.25) is 0 Å². The fraction of sp³-hybridized carbons (Fsp3) is 0.0385. The molecule has 5 rings (SSSR count). The van der Waals surface area contributed by atoms with Crippen molar-refractivity contribution in [3.8, 4) is 0 Å². The minimum absolute atomic E-state index is 0.248. The Morgan fingerprint density at radius 1 is 0.969 bits per heavy atom. The number of hydrogen-bond donors (Lipinski definition) is 0. The molecule has 0 radical (unpaired) electrons. The van der Waals surface area contributed by atoms with Crippen molar-refractivity contribution in [3.05, 3.63) is 106 Å². The van der Waals surface area contributed by atoms with Gasteiger partial charge in [0.25, 0.3) is 0 Å². The lowest BCUT2D eigenvalue weighted by molar-refractivity contribution is -0.129. The normalized spacial score (nSPS) is 14.6. The zero-order valence-electron chi connectivity index (χ0n) is 17.1. The number of esters is 1. The lowest BCUT2D eigenvalue weighted by Gasteiger charge is -2.08. The molecule has 4 aromatic rings. The van der Waals surface area contributed by atoms with E-state index in [1.165, 1.54) is 11.8 Å². The van der Waals surface area contributed by atoms with Crippen molar-refractivity contribution < 1.29 is 9.53 Å². The number of carbonyl (C=O) groups excluding carboxylic acids is 1. The molecule has 0 bridgehead atoms. The maximum Gasteiger partial charge on any atom is 0.363 e. The second-order valence-corrected chi connectivity index (χ2v) is 8.78. The number of benzene rings is 3. The van der Waals surface area contributed by atoms with Crippen LogP contribution >= 0.6 is 23.4 Å². The van der Waals surface area contributed by atoms with Crippen LogP contribution in [0.4, 0.5) is 0 Å². The van der Waals surface area contributed by atoms with Gasteiger partial charge in [-0.1, -0.05) is 59.8 Å². The first-order valence-corrected chi connectivity index (χ1v) is 11.2. The molecule has 0 saturated heterocycles. The molecule has 0 spiro atoms. The number of para-hydroxylation sites is 1. The third-order valence-electron chi connectivity index (χ3n) is 5.03. The summed E-state index contributed by atoms with van der Waals surface area (Å²) >= 11 is 7.54. The van der Waals surface area contributed by atoms with Gasteiger partial charge in [-0.25, -0.2) is 14.8 Å². The molecule has 0 fully saturated rings. The molecule has 0 atom stereocenters. The monoisotopic (exact) mass is 456 g/mol. The van der Waals surface area contributed by atoms with Crippen LogP contribution < -0.4 is 0 Å². The Labute approximate surface area is 194 Å². The standard InChI is InChI=1S/C26H17ClN2O2S/c1-16-6-2-4-8-21(16)24-28-23(26(30)31-24)15-18-14-17-7-3-5-9-22(17)29-25(18)32-20-12-10-19(27)11-13-20/h2-15H,1H3. The van der Waals surface area contributed by atoms with Crippen molar-refractivity contribution >= 4 is 52.2 Å². The summed E-state index contributed by atoms with van der Waals surface area (Å²) in [4.78, 5) is 22.9. The first-order chi connectivity index (χ1) is 15.6. The van der Waals surface area contributed by atoms with Gasteiger partial charge in [0, 0.05) is 26.4 Å². The highest BCUT2D eigenvalue weighted by atomic mass is 35.5. The molecule has 6 heteroatoms. The van der Waals surface area contributed by atoms with E-state index in [4.69, 9.17) is 21.3 Å². The molecular formula is C26H17ClN2O2S. The second kappa shape index (κ2) is 8.61. The van der Waals surface area contributed by atoms with Crippen LogP contribution in [-0.2, 0) is 9.53 Å². The predicted molar refractivity (Wildman–Crippen MR) is 129 cm³/mol. The molecule has 1 aliphatic rings. The zero-order chi connectivity index (χ0) is 22.1. The van der Waals surface area contributed by atoms with Crippen molar-refractivity contribution in [2.75, 3.05) is 0 Å². The van der Waals surface area contributed by atoms with Crippen molar-refractivity contribution in [1.29, 1.82) is 0 Å². The van der Waals surface area contributed by atoms with Crippen LogP contribution in [0.1, 0.15) is 16.7 Å². The summed E-state index contributed by atoms with van der Waals surface area (Å²) in [5.41, 5.74) is 3.72. The molecule has 1 aromatic heterocycles. The SMILES string of the molecule is Cc1ccccc1C1=NC(=Cc2cc3ccccc3nc2Sc2ccc(Cl)cc2)C(=O)O1. The van der Waals surface area contributed by atoms with E-state index in [1.807, 2.05) is 85.8 Å². The van der Waals surface area contributed by atoms with Crippen LogP contribution in [0.2, 0.25) is 5.02 Å². The predicted octanol–water partition coefficient (Wildman–Crippen LogP) is 6.69. The zero-order valence-corrected chi connectivity index (χ0v) is 18.7. The molecule has 0 amide bonds. The number of fused-ring (bicyclic) bond motifs is 1. The second-order valence-electron chi connectivity index (χ2n) is 7.28. The number of rotatable bonds is 4. The van der Waals surface area contributed by atoms with E-state index >= 15 is 0 Å². The van der Waals surface area contributed by atoms with Crippen molar-refractivity contribution in [2.45, 2.75) is 16.8 Å². The summed E-state index contributed by atoms with van der Waals surface area (Å²) in [5.74, 6) is -0.154. The quantitative estimate of drug-likeness (QED) is 0.253. The number of halogens is 1. The molecule has 1 aliphatic heterocycles. The van der Waals surface area contributed by atoms with Crippen LogP contribution in [0.25, 0.3) is 17.0 Å². The summed E-state index contributed by atoms with van der Waals surface area (Å²) in [6, 6.07) is 25.2. The van der Waals surface area contributed by atoms with Crippen LogP contribution in [0, 0.1) is 6.92 Å². The Hall–Kier alpha value is -3.41. The molecule has 0 aliphatic carbocycles. The molecule has 4 nitrogen and oxygen atoms in total. The topological polar surface area (TPSA) is 51.5 Å². The first-order valence-electron chi connectivity index (χ1n) is 9.98. The smallest absolute Gasteiger partial charge is 0.363 e. The highest BCUT2D eigenvalue weighted by molar-refractivity contribution is 7.99. The number of cyclic esters (lactones) is 1. The summed E-state index contributed by atoms with van der Waals surface area (Å²) < 4.78 is 5.47. The van der Waals surface area contributed by atoms with Crippen LogP contribution in [0.5, 0.6) is 0 Å². The van der Waals surface area contributed by atoms with E-state index in [0.717, 1.165) is 37.5 Å². The average Bonchev–Trinajstić information content (AvgIpc) is 3.16. The molecule has 2 heterocycles. The number of aryl methyl sites for hydroxylation is 1. The third kappa shape index (κ3) is 4.17. The Bertz CT molecular complexity index is 1410. The van der Waals surface area contributed by atoms with E-state index in [9.17, 15) is 4.79 Å². The summed E-state index contributed by atoms with van der Waals surface area (Å²) in [5, 5.41) is 2.43. The van der Waals surface area contributed by atoms with Gasteiger partial charge in [-0.15, -0.1) is 0 Å². The number of aromatic nitrogens is 1. The first kappa shape index (κ1) is 20.5. The maximum atomic E-state index is 12.6. The molecule has 3 aromatic carbocycles. The van der Waals surface area contributed by atoms with Gasteiger partial charge in [0.1, 0.15) is 5.03 Å². The van der Waals surface area contributed by atoms with E-state index in [2.05, 4.69) is 4.99 Å². The molecule has 32 heavy (non-hydrogen) atoms. The van der Waals surface area contributed by atoms with Gasteiger partial charge < -0.3 is 4.74 Å². The van der Waals surface area contributed by atoms with E-state index < -0.39 is 5.97 Å². The van der Waals surface area contributed by atoms with E-state index in [1.54, 1.807) is 6.08 Å². The number of ether oxygens (including phenoxy) is 1. The number of carbonyl (C=O) groups is 1. The minimum atomic E-state index is -0.473. The number of pyridine rings is 1. The van der Waals surface area contributed by atoms with E-state index in [0.29, 0.717) is 10.9 Å². The Morgan fingerprint density at radius 2 is 1.72 bits per heavy atom. The maximum absolute atomic E-state index is 12.6. The summed E-state index contributed by atoms with van der Waals surface area (Å²) in [7, 11) is 0. The molecule has 0 unspecified atom stereocenters. The number of aliphatic imine (C=N–C) groups is 1. The lowest BCUT2D eigenvalue weighted by atomic mass is 10.1. The highest BCUT2D eigenvalue weighted by Crippen LogP contribution is 2.33. The Morgan fingerprint density at radius 3 is 2.53 bits per heavy atom. The summed E-state index contributed by atoms with van der Waals surface area (Å²) in [6.45, 7) is 1.96. The van der Waals surface area contributed by atoms with Gasteiger partial charge in [0.2, 0.25) is 5.90 Å². The third-order valence-corrected chi connectivity index (χ3v) is 6.31. The molecule has 0 saturated carbocycles. The van der Waals surface area contributed by atoms with Gasteiger partial charge in [0.15, 0.2) is 5.70 Å². The van der Waals surface area contributed by atoms with E-state index in [-0.39, 0.29) is 5.70 Å². The lowest BCUT2D eigenvalue weighted by Crippen LogP contribution is -2.06. The van der Waals surface area contributed by atoms with Crippen LogP contribution in [0.15, 0.2) is 99.5 Å². The van der Waals surface area contributed by atoms with Gasteiger partial charge in [0.05, 0.1) is 5.52 Å². The highest BCUT2D eigenvalue weighted by Gasteiger charge is 2.25. The number of nitrogens with zero attached hydrogens (tertiary/aromatic N) is 2. The van der Waals surface area contributed by atoms with Crippen LogP contribution in [-0.4, -0.2) is 16.9 Å². The summed E-state index contributed by atoms with van der Waals surface area (Å²) in [6.07, 6.45) is 1.74. The van der Waals surface area contributed by atoms with Gasteiger partial charge in [-0.05, 0) is 61.0 Å². The van der Waals surface area contributed by atoms with Crippen molar-refractivity contribution in [3.63, 3.8) is 0 Å². The Balaban J connectivity index is 1.59. The minimum Gasteiger partial charge on any atom is -0.402 e. The van der Waals surface area contributed by atoms with Gasteiger partial charge >= 0.3 is 5.97 Å². The molecular weight excluding hydrogens is 440 g/mol. The van der Waals surface area contributed by atoms with Crippen molar-refractivity contribution in [1.82, 2.24) is 4.98 Å². The number of hydrogen-bond acceptors (Lipinski definition) is 5. The van der Waals surface area contributed by atoms with Crippen molar-refractivity contribution in [2.24, 2.45) is 4.99 Å². The fourth-order valence-electron chi connectivity index (χ4n) is 3.40. The fourth-order valence-corrected chi connectivity index (χ4v) is 4.40. The Kier molecular flexibility index (Phi) is 5.52. The average molecular weight is 457 g/mol. The van der Waals surface area contributed by atoms with Gasteiger partial charge in [-0.2, -0.15) is 0 Å². The van der Waals surface area contributed by atoms with Crippen LogP contribution in [0.3, 0.4) is 0 Å². The molecule has 0 N–H and O–H groups in total. The largest absolute Gasteiger partial charge is 0.402 e. The molecule has 156 valence electrons.